The van der Waals surface area contributed by atoms with Gasteiger partial charge >= 0.3 is 0 Å². The van der Waals surface area contributed by atoms with Crippen molar-refractivity contribution in [3.63, 3.8) is 0 Å². The summed E-state index contributed by atoms with van der Waals surface area (Å²) in [6, 6.07) is 12.1. The monoisotopic (exact) mass is 670 g/mol. The quantitative estimate of drug-likeness (QED) is 0.355. The normalized spacial score (nSPS) is 20.5. The highest BCUT2D eigenvalue weighted by Crippen LogP contribution is 2.29. The Morgan fingerprint density at radius 1 is 1.13 bits per heavy atom. The number of carbonyl (C=O) groups is 2. The highest BCUT2D eigenvalue weighted by Gasteiger charge is 2.32. The van der Waals surface area contributed by atoms with E-state index in [-0.39, 0.29) is 48.1 Å². The maximum Gasteiger partial charge on any atom is 0.258 e. The van der Waals surface area contributed by atoms with Crippen LogP contribution in [0.1, 0.15) is 60.7 Å². The summed E-state index contributed by atoms with van der Waals surface area (Å²) in [4.78, 5) is 32.6. The summed E-state index contributed by atoms with van der Waals surface area (Å²) < 4.78 is 53.8. The molecule has 254 valence electrons. The lowest BCUT2D eigenvalue weighted by Gasteiger charge is -2.35. The zero-order chi connectivity index (χ0) is 34.1. The van der Waals surface area contributed by atoms with E-state index in [0.29, 0.717) is 36.4 Å². The van der Waals surface area contributed by atoms with Crippen LogP contribution in [0.3, 0.4) is 0 Å². The SMILES string of the molecule is C[C@H](CO)N1C[C@H](C)[C@@H](CN(C)S(=O)(=O)c2ccc(F)cc2)OCCCC[C@H](C)Oc2ccc(NC(=O)c3ccncc3)cc2C1=O. The van der Waals surface area contributed by atoms with E-state index in [4.69, 9.17) is 9.47 Å². The molecule has 3 aromatic rings. The second-order valence-corrected chi connectivity index (χ2v) is 14.0. The fourth-order valence-corrected chi connectivity index (χ4v) is 6.49. The van der Waals surface area contributed by atoms with E-state index < -0.39 is 33.9 Å². The van der Waals surface area contributed by atoms with Crippen molar-refractivity contribution in [1.82, 2.24) is 14.2 Å². The first-order chi connectivity index (χ1) is 22.4. The van der Waals surface area contributed by atoms with E-state index in [2.05, 4.69) is 10.3 Å². The molecule has 0 fully saturated rings. The van der Waals surface area contributed by atoms with Crippen molar-refractivity contribution in [1.29, 1.82) is 0 Å². The number of amides is 2. The maximum absolute atomic E-state index is 14.3. The molecule has 11 nitrogen and oxygen atoms in total. The highest BCUT2D eigenvalue weighted by atomic mass is 32.2. The van der Waals surface area contributed by atoms with Gasteiger partial charge in [0, 0.05) is 56.3 Å². The van der Waals surface area contributed by atoms with E-state index >= 15 is 0 Å². The Kier molecular flexibility index (Phi) is 12.4. The van der Waals surface area contributed by atoms with Crippen LogP contribution in [0.15, 0.2) is 71.9 Å². The molecule has 0 spiro atoms. The minimum absolute atomic E-state index is 0.0162. The van der Waals surface area contributed by atoms with Gasteiger partial charge in [0.25, 0.3) is 11.8 Å². The number of aliphatic hydroxyl groups is 1. The third-order valence-electron chi connectivity index (χ3n) is 8.21. The van der Waals surface area contributed by atoms with Gasteiger partial charge in [-0.2, -0.15) is 4.31 Å². The molecule has 0 radical (unpaired) electrons. The second kappa shape index (κ2) is 16.3. The molecule has 2 N–H and O–H groups in total. The number of aliphatic hydroxyl groups excluding tert-OH is 1. The molecule has 4 rings (SSSR count). The Morgan fingerprint density at radius 2 is 1.83 bits per heavy atom. The van der Waals surface area contributed by atoms with Crippen molar-refractivity contribution in [3.8, 4) is 5.75 Å². The number of pyridine rings is 1. The molecule has 2 amide bonds. The highest BCUT2D eigenvalue weighted by molar-refractivity contribution is 7.89. The topological polar surface area (TPSA) is 138 Å². The number of halogens is 1. The molecular formula is C34H43FN4O7S. The van der Waals surface area contributed by atoms with E-state index in [9.17, 15) is 27.5 Å². The number of carbonyl (C=O) groups excluding carboxylic acids is 2. The molecule has 1 aliphatic rings. The summed E-state index contributed by atoms with van der Waals surface area (Å²) in [5, 5.41) is 13.0. The summed E-state index contributed by atoms with van der Waals surface area (Å²) in [6.45, 7) is 5.64. The van der Waals surface area contributed by atoms with Gasteiger partial charge in [0.05, 0.1) is 35.3 Å². The van der Waals surface area contributed by atoms with E-state index in [1.165, 1.54) is 40.8 Å². The Labute approximate surface area is 275 Å². The van der Waals surface area contributed by atoms with Gasteiger partial charge in [0.15, 0.2) is 0 Å². The molecular weight excluding hydrogens is 627 g/mol. The molecule has 13 heteroatoms. The smallest absolute Gasteiger partial charge is 0.258 e. The number of benzene rings is 2. The molecule has 0 saturated heterocycles. The predicted molar refractivity (Wildman–Crippen MR) is 175 cm³/mol. The van der Waals surface area contributed by atoms with E-state index in [1.807, 2.05) is 13.8 Å². The van der Waals surface area contributed by atoms with Crippen LogP contribution in [-0.4, -0.2) is 91.1 Å². The third kappa shape index (κ3) is 9.34. The molecule has 0 saturated carbocycles. The number of nitrogens with one attached hydrogen (secondary N) is 1. The van der Waals surface area contributed by atoms with Crippen molar-refractivity contribution >= 4 is 27.5 Å². The minimum atomic E-state index is -3.96. The second-order valence-electron chi connectivity index (χ2n) is 11.9. The van der Waals surface area contributed by atoms with Crippen LogP contribution in [0.25, 0.3) is 0 Å². The number of likely N-dealkylation sites (N-methyl/N-ethyl adjacent to an activating group) is 1. The van der Waals surface area contributed by atoms with Crippen LogP contribution in [0.4, 0.5) is 10.1 Å². The zero-order valence-corrected chi connectivity index (χ0v) is 28.0. The van der Waals surface area contributed by atoms with Crippen LogP contribution in [0.2, 0.25) is 0 Å². The lowest BCUT2D eigenvalue weighted by Crippen LogP contribution is -2.48. The van der Waals surface area contributed by atoms with Crippen molar-refractivity contribution in [2.45, 2.75) is 63.2 Å². The number of sulfonamides is 1. The summed E-state index contributed by atoms with van der Waals surface area (Å²) >= 11 is 0. The molecule has 2 heterocycles. The molecule has 0 aliphatic carbocycles. The number of ether oxygens (including phenoxy) is 2. The van der Waals surface area contributed by atoms with Gasteiger partial charge in [-0.15, -0.1) is 0 Å². The van der Waals surface area contributed by atoms with Crippen molar-refractivity contribution in [2.75, 3.05) is 38.7 Å². The van der Waals surface area contributed by atoms with Crippen molar-refractivity contribution in [3.05, 3.63) is 83.9 Å². The third-order valence-corrected chi connectivity index (χ3v) is 10.0. The van der Waals surface area contributed by atoms with Crippen LogP contribution in [-0.2, 0) is 14.8 Å². The largest absolute Gasteiger partial charge is 0.490 e. The summed E-state index contributed by atoms with van der Waals surface area (Å²) in [6.07, 6.45) is 4.31. The fourth-order valence-electron chi connectivity index (χ4n) is 5.31. The number of hydrogen-bond acceptors (Lipinski definition) is 8. The maximum atomic E-state index is 14.3. The van der Waals surface area contributed by atoms with E-state index in [1.54, 1.807) is 37.3 Å². The summed E-state index contributed by atoms with van der Waals surface area (Å²) in [5.74, 6) is -1.36. The molecule has 1 aromatic heterocycles. The average Bonchev–Trinajstić information content (AvgIpc) is 3.06. The summed E-state index contributed by atoms with van der Waals surface area (Å²) in [5.41, 5.74) is 0.996. The fraction of sp³-hybridized carbons (Fsp3) is 0.441. The number of fused-ring (bicyclic) bond motifs is 1. The number of anilines is 1. The number of nitrogens with zero attached hydrogens (tertiary/aromatic N) is 3. The molecule has 1 aliphatic heterocycles. The van der Waals surface area contributed by atoms with Crippen LogP contribution < -0.4 is 10.1 Å². The number of aromatic nitrogens is 1. The first-order valence-electron chi connectivity index (χ1n) is 15.7. The van der Waals surface area contributed by atoms with E-state index in [0.717, 1.165) is 18.6 Å². The number of rotatable bonds is 8. The lowest BCUT2D eigenvalue weighted by atomic mass is 10.0. The molecule has 4 atom stereocenters. The lowest BCUT2D eigenvalue weighted by molar-refractivity contribution is -0.00834. The summed E-state index contributed by atoms with van der Waals surface area (Å²) in [7, 11) is -2.51. The Hall–Kier alpha value is -3.91. The Balaban J connectivity index is 1.65. The first-order valence-corrected chi connectivity index (χ1v) is 17.1. The van der Waals surface area contributed by atoms with Gasteiger partial charge in [-0.25, -0.2) is 12.8 Å². The van der Waals surface area contributed by atoms with Gasteiger partial charge in [0.2, 0.25) is 10.0 Å². The Bertz CT molecular complexity index is 1610. The Morgan fingerprint density at radius 3 is 2.51 bits per heavy atom. The van der Waals surface area contributed by atoms with Gasteiger partial charge in [-0.05, 0) is 87.7 Å². The standard InChI is InChI=1S/C34H43FN4O7S/c1-23-20-39(24(2)22-40)34(42)30-19-28(37-33(41)26-14-16-36-17-15-26)10-13-31(30)46-25(3)7-5-6-18-45-32(23)21-38(4)47(43,44)29-11-8-27(35)9-12-29/h8-17,19,23-25,32,40H,5-7,18,20-22H2,1-4H3,(H,37,41)/t23-,24+,25-,32+/m0/s1. The van der Waals surface area contributed by atoms with Crippen LogP contribution in [0, 0.1) is 11.7 Å². The van der Waals surface area contributed by atoms with Crippen molar-refractivity contribution in [2.24, 2.45) is 5.92 Å². The molecule has 0 unspecified atom stereocenters. The van der Waals surface area contributed by atoms with Gasteiger partial charge in [-0.3, -0.25) is 14.6 Å². The van der Waals surface area contributed by atoms with Crippen molar-refractivity contribution < 1.29 is 37.0 Å². The zero-order valence-electron chi connectivity index (χ0n) is 27.1. The van der Waals surface area contributed by atoms with Crippen LogP contribution in [0.5, 0.6) is 5.75 Å². The van der Waals surface area contributed by atoms with Gasteiger partial charge in [0.1, 0.15) is 11.6 Å². The molecule has 2 aromatic carbocycles. The first kappa shape index (κ1) is 35.9. The van der Waals surface area contributed by atoms with Gasteiger partial charge in [-0.1, -0.05) is 6.92 Å². The number of hydrogen-bond donors (Lipinski definition) is 2. The molecule has 0 bridgehead atoms. The molecule has 47 heavy (non-hydrogen) atoms. The van der Waals surface area contributed by atoms with Crippen LogP contribution >= 0.6 is 0 Å². The van der Waals surface area contributed by atoms with Gasteiger partial charge < -0.3 is 24.8 Å². The minimum Gasteiger partial charge on any atom is -0.490 e. The average molecular weight is 671 g/mol. The predicted octanol–water partition coefficient (Wildman–Crippen LogP) is 4.59.